The molecule has 0 spiro atoms. The van der Waals surface area contributed by atoms with Gasteiger partial charge in [0.15, 0.2) is 0 Å². The molecule has 0 bridgehead atoms. The van der Waals surface area contributed by atoms with Gasteiger partial charge in [0.2, 0.25) is 0 Å². The first-order chi connectivity index (χ1) is 14.6. The minimum Gasteiger partial charge on any atom is -0.497 e. The molecule has 0 amide bonds. The van der Waals surface area contributed by atoms with Gasteiger partial charge in [0.25, 0.3) is 0 Å². The summed E-state index contributed by atoms with van der Waals surface area (Å²) in [5.41, 5.74) is 6.93. The topological polar surface area (TPSA) is 9.23 Å². The summed E-state index contributed by atoms with van der Waals surface area (Å²) in [6.07, 6.45) is 0.396. The molecule has 6 rings (SSSR count). The molecule has 0 fully saturated rings. The third-order valence-electron chi connectivity index (χ3n) is 6.54. The van der Waals surface area contributed by atoms with E-state index in [9.17, 15) is 0 Å². The van der Waals surface area contributed by atoms with Gasteiger partial charge in [-0.2, -0.15) is 0 Å². The number of rotatable bonds is 1. The summed E-state index contributed by atoms with van der Waals surface area (Å²) < 4.78 is 21.9. The number of hydrogen-bond donors (Lipinski definition) is 0. The van der Waals surface area contributed by atoms with E-state index in [2.05, 4.69) is 48.5 Å². The highest BCUT2D eigenvalue weighted by atomic mass is 19.1. The monoisotopic (exact) mass is 392 g/mol. The third-order valence-corrected chi connectivity index (χ3v) is 6.54. The predicted octanol–water partition coefficient (Wildman–Crippen LogP) is 7.07. The number of halogens is 1. The maximum absolute atomic E-state index is 16.3. The van der Waals surface area contributed by atoms with Crippen molar-refractivity contribution in [3.05, 3.63) is 101 Å². The molecule has 1 nitrogen and oxygen atoms in total. The van der Waals surface area contributed by atoms with Crippen LogP contribution in [-0.4, -0.2) is 12.8 Å². The lowest BCUT2D eigenvalue weighted by Crippen LogP contribution is -2.18. The minimum absolute atomic E-state index is 0.396. The highest BCUT2D eigenvalue weighted by Crippen LogP contribution is 2.55. The van der Waals surface area contributed by atoms with Gasteiger partial charge in [-0.05, 0) is 68.8 Å². The van der Waals surface area contributed by atoms with Crippen LogP contribution >= 0.6 is 0 Å². The Morgan fingerprint density at radius 3 is 2.37 bits per heavy atom. The molecule has 0 saturated heterocycles. The first-order valence-electron chi connectivity index (χ1n) is 10.3. The van der Waals surface area contributed by atoms with Crippen LogP contribution in [0, 0.1) is 0 Å². The number of alkyl halides is 1. The standard InChI is InChI=1S/C28H21FO/c1-28(29)16-18-12-11-17-7-3-4-8-20(17)25(18)27(28)26-23-10-6-5-9-21(23)22-14-13-19(30-2)15-24(22)26/h3-15H,16H2,1-2H3/b27-26+/t28-/m0/s1. The average Bonchev–Trinajstić information content (AvgIpc) is 3.23. The number of benzene rings is 4. The lowest BCUT2D eigenvalue weighted by molar-refractivity contribution is 0.280. The van der Waals surface area contributed by atoms with Crippen molar-refractivity contribution in [2.24, 2.45) is 0 Å². The van der Waals surface area contributed by atoms with E-state index < -0.39 is 5.67 Å². The molecular formula is C28H21FO. The van der Waals surface area contributed by atoms with Gasteiger partial charge < -0.3 is 4.74 Å². The predicted molar refractivity (Wildman–Crippen MR) is 122 cm³/mol. The highest BCUT2D eigenvalue weighted by molar-refractivity contribution is 6.16. The number of fused-ring (bicyclic) bond motifs is 6. The van der Waals surface area contributed by atoms with E-state index in [1.54, 1.807) is 14.0 Å². The average molecular weight is 392 g/mol. The van der Waals surface area contributed by atoms with Gasteiger partial charge in [0, 0.05) is 12.0 Å². The van der Waals surface area contributed by atoms with Crippen molar-refractivity contribution in [2.75, 3.05) is 7.11 Å². The van der Waals surface area contributed by atoms with E-state index in [0.29, 0.717) is 6.42 Å². The molecule has 2 aliphatic rings. The Morgan fingerprint density at radius 1 is 0.800 bits per heavy atom. The number of hydrogen-bond acceptors (Lipinski definition) is 1. The van der Waals surface area contributed by atoms with E-state index in [4.69, 9.17) is 4.74 Å². The SMILES string of the molecule is COc1ccc2c(c1)/C(=C1\c3c(ccc4ccccc34)C[C@]1(C)F)c1ccccc1-2. The fourth-order valence-corrected chi connectivity index (χ4v) is 5.29. The normalized spacial score (nSPS) is 21.4. The van der Waals surface area contributed by atoms with Gasteiger partial charge in [-0.3, -0.25) is 0 Å². The van der Waals surface area contributed by atoms with Gasteiger partial charge in [-0.15, -0.1) is 0 Å². The second kappa shape index (κ2) is 6.06. The van der Waals surface area contributed by atoms with Crippen molar-refractivity contribution in [1.29, 1.82) is 0 Å². The molecule has 0 aliphatic heterocycles. The number of methoxy groups -OCH3 is 1. The number of ether oxygens (including phenoxy) is 1. The molecule has 0 aromatic heterocycles. The van der Waals surface area contributed by atoms with Crippen LogP contribution in [0.3, 0.4) is 0 Å². The molecule has 4 aromatic rings. The van der Waals surface area contributed by atoms with Crippen molar-refractivity contribution in [3.8, 4) is 16.9 Å². The molecule has 4 aromatic carbocycles. The van der Waals surface area contributed by atoms with Crippen LogP contribution in [0.2, 0.25) is 0 Å². The zero-order valence-electron chi connectivity index (χ0n) is 17.0. The smallest absolute Gasteiger partial charge is 0.138 e. The van der Waals surface area contributed by atoms with E-state index >= 15 is 4.39 Å². The lowest BCUT2D eigenvalue weighted by Gasteiger charge is -2.21. The Balaban J connectivity index is 1.79. The van der Waals surface area contributed by atoms with Crippen LogP contribution in [0.25, 0.3) is 33.0 Å². The quantitative estimate of drug-likeness (QED) is 0.296. The second-order valence-corrected chi connectivity index (χ2v) is 8.40. The summed E-state index contributed by atoms with van der Waals surface area (Å²) in [5, 5.41) is 2.26. The Kier molecular flexibility index (Phi) is 3.53. The summed E-state index contributed by atoms with van der Waals surface area (Å²) >= 11 is 0. The first-order valence-corrected chi connectivity index (χ1v) is 10.3. The van der Waals surface area contributed by atoms with Crippen LogP contribution in [0.15, 0.2) is 78.9 Å². The Morgan fingerprint density at radius 2 is 1.53 bits per heavy atom. The van der Waals surface area contributed by atoms with Crippen LogP contribution in [0.4, 0.5) is 4.39 Å². The first kappa shape index (κ1) is 17.5. The van der Waals surface area contributed by atoms with E-state index in [-0.39, 0.29) is 0 Å². The molecule has 0 heterocycles. The fraction of sp³-hybridized carbons (Fsp3) is 0.143. The molecule has 2 heteroatoms. The third kappa shape index (κ3) is 2.28. The van der Waals surface area contributed by atoms with Gasteiger partial charge in [-0.1, -0.05) is 66.7 Å². The molecule has 0 unspecified atom stereocenters. The lowest BCUT2D eigenvalue weighted by atomic mass is 9.86. The van der Waals surface area contributed by atoms with Crippen molar-refractivity contribution in [3.63, 3.8) is 0 Å². The molecule has 0 radical (unpaired) electrons. The Labute approximate surface area is 175 Å². The summed E-state index contributed by atoms with van der Waals surface area (Å²) in [5.74, 6) is 0.788. The zero-order chi connectivity index (χ0) is 20.5. The molecule has 146 valence electrons. The summed E-state index contributed by atoms with van der Waals surface area (Å²) in [6.45, 7) is 1.73. The van der Waals surface area contributed by atoms with Crippen LogP contribution in [0.1, 0.15) is 29.2 Å². The summed E-state index contributed by atoms with van der Waals surface area (Å²) in [7, 11) is 1.67. The number of allylic oxidation sites excluding steroid dienone is 1. The molecular weight excluding hydrogens is 371 g/mol. The molecule has 2 aliphatic carbocycles. The molecule has 1 atom stereocenters. The minimum atomic E-state index is -1.44. The van der Waals surface area contributed by atoms with Gasteiger partial charge in [0.05, 0.1) is 7.11 Å². The van der Waals surface area contributed by atoms with Crippen LogP contribution < -0.4 is 4.74 Å². The Hall–Kier alpha value is -3.39. The summed E-state index contributed by atoms with van der Waals surface area (Å²) in [6, 6.07) is 27.0. The van der Waals surface area contributed by atoms with Crippen molar-refractivity contribution >= 4 is 21.9 Å². The maximum atomic E-state index is 16.3. The van der Waals surface area contributed by atoms with Crippen molar-refractivity contribution in [2.45, 2.75) is 19.0 Å². The summed E-state index contributed by atoms with van der Waals surface area (Å²) in [4.78, 5) is 0. The van der Waals surface area contributed by atoms with Crippen LogP contribution in [-0.2, 0) is 6.42 Å². The second-order valence-electron chi connectivity index (χ2n) is 8.40. The van der Waals surface area contributed by atoms with Gasteiger partial charge >= 0.3 is 0 Å². The van der Waals surface area contributed by atoms with Crippen molar-refractivity contribution in [1.82, 2.24) is 0 Å². The fourth-order valence-electron chi connectivity index (χ4n) is 5.29. The molecule has 30 heavy (non-hydrogen) atoms. The van der Waals surface area contributed by atoms with E-state index in [1.165, 1.54) is 0 Å². The molecule has 0 N–H and O–H groups in total. The zero-order valence-corrected chi connectivity index (χ0v) is 17.0. The van der Waals surface area contributed by atoms with Gasteiger partial charge in [0.1, 0.15) is 11.4 Å². The Bertz CT molecular complexity index is 1380. The van der Waals surface area contributed by atoms with E-state index in [1.807, 2.05) is 30.3 Å². The molecule has 0 saturated carbocycles. The highest BCUT2D eigenvalue weighted by Gasteiger charge is 2.43. The van der Waals surface area contributed by atoms with Crippen molar-refractivity contribution < 1.29 is 9.13 Å². The van der Waals surface area contributed by atoms with Gasteiger partial charge in [-0.25, -0.2) is 4.39 Å². The van der Waals surface area contributed by atoms with Crippen LogP contribution in [0.5, 0.6) is 5.75 Å². The maximum Gasteiger partial charge on any atom is 0.138 e. The largest absolute Gasteiger partial charge is 0.497 e. The van der Waals surface area contributed by atoms with E-state index in [0.717, 1.165) is 61.0 Å².